The first kappa shape index (κ1) is 27.1. The number of rotatable bonds is 12. The molecule has 0 bridgehead atoms. The molecule has 0 spiro atoms. The maximum Gasteiger partial charge on any atom is 0.418 e. The molecule has 0 radical (unpaired) electrons. The van der Waals surface area contributed by atoms with Crippen molar-refractivity contribution < 1.29 is 48.1 Å². The molecule has 13 heteroatoms. The second-order valence-corrected chi connectivity index (χ2v) is 8.72. The molecule has 1 aliphatic heterocycles. The van der Waals surface area contributed by atoms with Crippen molar-refractivity contribution in [2.24, 2.45) is 5.41 Å². The highest BCUT2D eigenvalue weighted by molar-refractivity contribution is 8.13. The minimum absolute atomic E-state index is 0.0479. The van der Waals surface area contributed by atoms with Gasteiger partial charge in [-0.05, 0) is 0 Å². The van der Waals surface area contributed by atoms with Gasteiger partial charge in [-0.25, -0.2) is 9.59 Å². The number of hydrogen-bond donors (Lipinski definition) is 3. The van der Waals surface area contributed by atoms with E-state index in [1.54, 1.807) is 13.8 Å². The molecular formula is C19H26N2O10S. The SMILES string of the molecule is CC1(C)COC(=O)C(=O)O[C@H]1C(=O)NCCC(=O)NCCSC(=O)CC(=O)CCC(=O)O. The van der Waals surface area contributed by atoms with Gasteiger partial charge in [-0.3, -0.25) is 24.0 Å². The van der Waals surface area contributed by atoms with Crippen molar-refractivity contribution >= 4 is 52.4 Å². The zero-order valence-corrected chi connectivity index (χ0v) is 18.6. The minimum atomic E-state index is -1.26. The Labute approximate surface area is 188 Å². The van der Waals surface area contributed by atoms with Crippen molar-refractivity contribution in [3.8, 4) is 0 Å². The van der Waals surface area contributed by atoms with Crippen molar-refractivity contribution in [2.45, 2.75) is 45.6 Å². The number of esters is 2. The fourth-order valence-electron chi connectivity index (χ4n) is 2.49. The summed E-state index contributed by atoms with van der Waals surface area (Å²) < 4.78 is 9.64. The lowest BCUT2D eigenvalue weighted by atomic mass is 9.87. The Morgan fingerprint density at radius 1 is 1.03 bits per heavy atom. The van der Waals surface area contributed by atoms with Crippen LogP contribution in [0, 0.1) is 5.41 Å². The highest BCUT2D eigenvalue weighted by atomic mass is 32.2. The average molecular weight is 474 g/mol. The van der Waals surface area contributed by atoms with Crippen molar-refractivity contribution in [1.82, 2.24) is 10.6 Å². The third-order valence-corrected chi connectivity index (χ3v) is 5.09. The monoisotopic (exact) mass is 474 g/mol. The molecule has 0 saturated carbocycles. The van der Waals surface area contributed by atoms with Gasteiger partial charge in [0.1, 0.15) is 12.4 Å². The molecule has 32 heavy (non-hydrogen) atoms. The number of thioether (sulfide) groups is 1. The molecular weight excluding hydrogens is 448 g/mol. The Bertz CT molecular complexity index is 780. The van der Waals surface area contributed by atoms with Crippen LogP contribution in [-0.2, 0) is 43.0 Å². The van der Waals surface area contributed by atoms with Gasteiger partial charge in [0.25, 0.3) is 5.91 Å². The van der Waals surface area contributed by atoms with Crippen LogP contribution in [-0.4, -0.2) is 77.3 Å². The van der Waals surface area contributed by atoms with Crippen LogP contribution in [0.4, 0.5) is 0 Å². The molecule has 1 aliphatic rings. The number of ketones is 1. The van der Waals surface area contributed by atoms with Crippen molar-refractivity contribution in [1.29, 1.82) is 0 Å². The zero-order valence-electron chi connectivity index (χ0n) is 17.8. The molecule has 1 saturated heterocycles. The molecule has 0 aromatic rings. The van der Waals surface area contributed by atoms with Crippen LogP contribution < -0.4 is 10.6 Å². The number of aliphatic carboxylic acids is 1. The van der Waals surface area contributed by atoms with Gasteiger partial charge < -0.3 is 25.2 Å². The summed E-state index contributed by atoms with van der Waals surface area (Å²) in [5.74, 6) is -4.83. The molecule has 1 fully saturated rings. The lowest BCUT2D eigenvalue weighted by molar-refractivity contribution is -0.168. The van der Waals surface area contributed by atoms with E-state index in [0.29, 0.717) is 0 Å². The Kier molecular flexibility index (Phi) is 10.8. The minimum Gasteiger partial charge on any atom is -0.481 e. The van der Waals surface area contributed by atoms with Crippen molar-refractivity contribution in [3.05, 3.63) is 0 Å². The predicted molar refractivity (Wildman–Crippen MR) is 109 cm³/mol. The van der Waals surface area contributed by atoms with E-state index in [0.717, 1.165) is 11.8 Å². The van der Waals surface area contributed by atoms with E-state index in [1.807, 2.05) is 0 Å². The quantitative estimate of drug-likeness (QED) is 0.139. The number of nitrogens with one attached hydrogen (secondary N) is 2. The van der Waals surface area contributed by atoms with Gasteiger partial charge in [-0.15, -0.1) is 0 Å². The van der Waals surface area contributed by atoms with E-state index in [9.17, 15) is 33.6 Å². The van der Waals surface area contributed by atoms with Crippen LogP contribution in [0.15, 0.2) is 0 Å². The smallest absolute Gasteiger partial charge is 0.418 e. The average Bonchev–Trinajstić information content (AvgIpc) is 2.80. The lowest BCUT2D eigenvalue weighted by Gasteiger charge is -2.28. The molecule has 0 aliphatic carbocycles. The summed E-state index contributed by atoms with van der Waals surface area (Å²) in [4.78, 5) is 80.4. The van der Waals surface area contributed by atoms with Gasteiger partial charge in [0, 0.05) is 37.1 Å². The summed E-state index contributed by atoms with van der Waals surface area (Å²) in [6.07, 6.45) is -2.23. The van der Waals surface area contributed by atoms with Gasteiger partial charge in [0.2, 0.25) is 5.91 Å². The maximum absolute atomic E-state index is 12.3. The molecule has 2 amide bonds. The molecule has 12 nitrogen and oxygen atoms in total. The van der Waals surface area contributed by atoms with Gasteiger partial charge in [-0.1, -0.05) is 25.6 Å². The summed E-state index contributed by atoms with van der Waals surface area (Å²) in [6.45, 7) is 3.10. The number of amides is 2. The lowest BCUT2D eigenvalue weighted by Crippen LogP contribution is -2.47. The second-order valence-electron chi connectivity index (χ2n) is 7.57. The number of hydrogen-bond acceptors (Lipinski definition) is 10. The Morgan fingerprint density at radius 3 is 2.38 bits per heavy atom. The summed E-state index contributed by atoms with van der Waals surface area (Å²) in [5, 5.41) is 13.1. The number of carbonyl (C=O) groups is 7. The van der Waals surface area contributed by atoms with Gasteiger partial charge in [0.05, 0.1) is 12.8 Å². The molecule has 3 N–H and O–H groups in total. The van der Waals surface area contributed by atoms with E-state index in [1.165, 1.54) is 0 Å². The van der Waals surface area contributed by atoms with Crippen LogP contribution in [0.3, 0.4) is 0 Å². The maximum atomic E-state index is 12.3. The van der Waals surface area contributed by atoms with Gasteiger partial charge >= 0.3 is 17.9 Å². The highest BCUT2D eigenvalue weighted by Gasteiger charge is 2.44. The third-order valence-electron chi connectivity index (χ3n) is 4.21. The summed E-state index contributed by atoms with van der Waals surface area (Å²) in [5.41, 5.74) is -0.951. The number of carboxylic acid groups (broad SMARTS) is 1. The molecule has 178 valence electrons. The predicted octanol–water partition coefficient (Wildman–Crippen LogP) is -0.812. The third kappa shape index (κ3) is 9.90. The number of carbonyl (C=O) groups excluding carboxylic acids is 6. The van der Waals surface area contributed by atoms with Gasteiger partial charge in [0.15, 0.2) is 11.2 Å². The number of Topliss-reactive ketones (excluding diaryl/α,β-unsaturated/α-hetero) is 1. The van der Waals surface area contributed by atoms with Crippen molar-refractivity contribution in [3.63, 3.8) is 0 Å². The Balaban J connectivity index is 2.25. The second kappa shape index (κ2) is 12.8. The van der Waals surface area contributed by atoms with E-state index in [-0.39, 0.29) is 51.1 Å². The zero-order chi connectivity index (χ0) is 24.3. The number of ether oxygens (including phenoxy) is 2. The molecule has 1 heterocycles. The normalized spacial score (nSPS) is 17.4. The van der Waals surface area contributed by atoms with Crippen molar-refractivity contribution in [2.75, 3.05) is 25.4 Å². The number of cyclic esters (lactones) is 2. The first-order valence-electron chi connectivity index (χ1n) is 9.73. The Hall–Kier alpha value is -2.96. The van der Waals surface area contributed by atoms with Crippen LogP contribution in [0.25, 0.3) is 0 Å². The highest BCUT2D eigenvalue weighted by Crippen LogP contribution is 2.27. The first-order valence-corrected chi connectivity index (χ1v) is 10.7. The molecule has 1 rings (SSSR count). The summed E-state index contributed by atoms with van der Waals surface area (Å²) >= 11 is 0.851. The van der Waals surface area contributed by atoms with E-state index in [2.05, 4.69) is 10.6 Å². The number of carboxylic acids is 1. The molecule has 0 unspecified atom stereocenters. The first-order chi connectivity index (χ1) is 14.9. The van der Waals surface area contributed by atoms with E-state index < -0.39 is 52.1 Å². The van der Waals surface area contributed by atoms with Crippen LogP contribution in [0.5, 0.6) is 0 Å². The van der Waals surface area contributed by atoms with E-state index in [4.69, 9.17) is 14.6 Å². The fraction of sp³-hybridized carbons (Fsp3) is 0.632. The summed E-state index contributed by atoms with van der Waals surface area (Å²) in [6, 6.07) is 0. The molecule has 0 aromatic heterocycles. The van der Waals surface area contributed by atoms with Crippen LogP contribution >= 0.6 is 11.8 Å². The topological polar surface area (TPSA) is 182 Å². The summed E-state index contributed by atoms with van der Waals surface area (Å²) in [7, 11) is 0. The molecule has 0 aromatic carbocycles. The standard InChI is InChI=1S/C19H26N2O10S/c1-19(2)10-30-17(28)18(29)31-15(19)16(27)21-6-5-12(23)20-7-8-32-14(26)9-11(22)3-4-13(24)25/h15H,3-10H2,1-2H3,(H,20,23)(H,21,27)(H,24,25)/t15-/m0/s1. The largest absolute Gasteiger partial charge is 0.481 e. The van der Waals surface area contributed by atoms with E-state index >= 15 is 0 Å². The van der Waals surface area contributed by atoms with Crippen LogP contribution in [0.1, 0.15) is 39.5 Å². The molecule has 1 atom stereocenters. The fourth-order valence-corrected chi connectivity index (χ4v) is 3.19. The van der Waals surface area contributed by atoms with Crippen LogP contribution in [0.2, 0.25) is 0 Å². The van der Waals surface area contributed by atoms with Gasteiger partial charge in [-0.2, -0.15) is 0 Å². The Morgan fingerprint density at radius 2 is 1.72 bits per heavy atom.